The number of hydrogen-bond acceptors (Lipinski definition) is 4. The fraction of sp³-hybridized carbons (Fsp3) is 0.214. The molecule has 98 valence electrons. The van der Waals surface area contributed by atoms with E-state index in [2.05, 4.69) is 15.3 Å². The van der Waals surface area contributed by atoms with Crippen LogP contribution in [0.25, 0.3) is 0 Å². The highest BCUT2D eigenvalue weighted by Crippen LogP contribution is 2.20. The Labute approximate surface area is 111 Å². The predicted molar refractivity (Wildman–Crippen MR) is 72.3 cm³/mol. The topological polar surface area (TPSA) is 64.1 Å². The smallest absolute Gasteiger partial charge is 0.274 e. The van der Waals surface area contributed by atoms with Crippen LogP contribution in [0.15, 0.2) is 36.5 Å². The van der Waals surface area contributed by atoms with Crippen LogP contribution in [0.5, 0.6) is 5.88 Å². The minimum Gasteiger partial charge on any atom is -0.476 e. The molecule has 19 heavy (non-hydrogen) atoms. The predicted octanol–water partition coefficient (Wildman–Crippen LogP) is 2.44. The highest BCUT2D eigenvalue weighted by atomic mass is 16.5. The molecule has 0 aliphatic rings. The van der Waals surface area contributed by atoms with Crippen molar-refractivity contribution in [3.05, 3.63) is 47.9 Å². The maximum atomic E-state index is 12.1. The second-order valence-electron chi connectivity index (χ2n) is 3.91. The molecular formula is C14H15N3O2. The van der Waals surface area contributed by atoms with Gasteiger partial charge in [-0.25, -0.2) is 9.97 Å². The van der Waals surface area contributed by atoms with Crippen molar-refractivity contribution in [2.75, 3.05) is 11.9 Å². The molecule has 2 aromatic rings. The number of amides is 1. The van der Waals surface area contributed by atoms with Crippen molar-refractivity contribution >= 4 is 11.6 Å². The Balaban J connectivity index is 2.19. The van der Waals surface area contributed by atoms with Gasteiger partial charge in [-0.2, -0.15) is 0 Å². The van der Waals surface area contributed by atoms with Crippen LogP contribution in [-0.2, 0) is 0 Å². The average Bonchev–Trinajstić information content (AvgIpc) is 2.41. The van der Waals surface area contributed by atoms with Gasteiger partial charge in [0.25, 0.3) is 5.91 Å². The summed E-state index contributed by atoms with van der Waals surface area (Å²) in [6, 6.07) is 8.78. The maximum Gasteiger partial charge on any atom is 0.274 e. The van der Waals surface area contributed by atoms with E-state index < -0.39 is 0 Å². The fourth-order valence-electron chi connectivity index (χ4n) is 1.59. The lowest BCUT2D eigenvalue weighted by atomic mass is 10.3. The molecule has 0 aliphatic heterocycles. The van der Waals surface area contributed by atoms with Gasteiger partial charge in [0.1, 0.15) is 11.4 Å². The summed E-state index contributed by atoms with van der Waals surface area (Å²) in [7, 11) is 0. The molecule has 0 saturated carbocycles. The van der Waals surface area contributed by atoms with Crippen molar-refractivity contribution in [3.8, 4) is 5.88 Å². The summed E-state index contributed by atoms with van der Waals surface area (Å²) >= 11 is 0. The van der Waals surface area contributed by atoms with Crippen molar-refractivity contribution in [3.63, 3.8) is 0 Å². The Morgan fingerprint density at radius 2 is 2.16 bits per heavy atom. The van der Waals surface area contributed by atoms with E-state index >= 15 is 0 Å². The quantitative estimate of drug-likeness (QED) is 0.913. The largest absolute Gasteiger partial charge is 0.476 e. The van der Waals surface area contributed by atoms with Crippen LogP contribution in [0.1, 0.15) is 23.1 Å². The van der Waals surface area contributed by atoms with Gasteiger partial charge in [0.15, 0.2) is 0 Å². The Kier molecular flexibility index (Phi) is 4.07. The summed E-state index contributed by atoms with van der Waals surface area (Å²) in [5.41, 5.74) is 1.70. The summed E-state index contributed by atoms with van der Waals surface area (Å²) in [5, 5.41) is 2.75. The van der Waals surface area contributed by atoms with Gasteiger partial charge in [-0.15, -0.1) is 0 Å². The lowest BCUT2D eigenvalue weighted by molar-refractivity contribution is 0.102. The van der Waals surface area contributed by atoms with E-state index in [1.165, 1.54) is 0 Å². The zero-order valence-corrected chi connectivity index (χ0v) is 10.9. The van der Waals surface area contributed by atoms with Crippen molar-refractivity contribution in [1.82, 2.24) is 9.97 Å². The minimum absolute atomic E-state index is 0.280. The van der Waals surface area contributed by atoms with Gasteiger partial charge in [-0.1, -0.05) is 6.07 Å². The maximum absolute atomic E-state index is 12.1. The van der Waals surface area contributed by atoms with Crippen LogP contribution in [0.2, 0.25) is 0 Å². The molecule has 0 saturated heterocycles. The number of nitrogens with one attached hydrogen (secondary N) is 1. The third-order valence-electron chi connectivity index (χ3n) is 2.42. The number of hydrogen-bond donors (Lipinski definition) is 1. The fourth-order valence-corrected chi connectivity index (χ4v) is 1.59. The number of anilines is 1. The molecule has 1 N–H and O–H groups in total. The monoisotopic (exact) mass is 257 g/mol. The third kappa shape index (κ3) is 3.28. The molecule has 0 bridgehead atoms. The van der Waals surface area contributed by atoms with Crippen molar-refractivity contribution < 1.29 is 9.53 Å². The highest BCUT2D eigenvalue weighted by Gasteiger charge is 2.11. The van der Waals surface area contributed by atoms with E-state index in [1.807, 2.05) is 19.9 Å². The summed E-state index contributed by atoms with van der Waals surface area (Å²) in [6.45, 7) is 4.19. The molecular weight excluding hydrogens is 242 g/mol. The Morgan fingerprint density at radius 1 is 1.32 bits per heavy atom. The first-order valence-corrected chi connectivity index (χ1v) is 6.03. The summed E-state index contributed by atoms with van der Waals surface area (Å²) in [4.78, 5) is 20.3. The van der Waals surface area contributed by atoms with Crippen LogP contribution < -0.4 is 10.1 Å². The highest BCUT2D eigenvalue weighted by molar-refractivity contribution is 6.03. The van der Waals surface area contributed by atoms with Gasteiger partial charge in [-0.05, 0) is 38.1 Å². The standard InChI is InChI=1S/C14H15N3O2/c1-3-19-14-12(8-5-9-15-14)17-13(18)11-7-4-6-10(2)16-11/h4-9H,3H2,1-2H3,(H,17,18). The number of rotatable bonds is 4. The molecule has 5 nitrogen and oxygen atoms in total. The summed E-state index contributed by atoms with van der Waals surface area (Å²) in [5.74, 6) is 0.128. The SMILES string of the molecule is CCOc1ncccc1NC(=O)c1cccc(C)n1. The Hall–Kier alpha value is -2.43. The normalized spacial score (nSPS) is 10.0. The number of carbonyl (C=O) groups excluding carboxylic acids is 1. The van der Waals surface area contributed by atoms with E-state index in [9.17, 15) is 4.79 Å². The Bertz CT molecular complexity index is 584. The van der Waals surface area contributed by atoms with Gasteiger partial charge < -0.3 is 10.1 Å². The molecule has 0 aromatic carbocycles. The van der Waals surface area contributed by atoms with Crippen LogP contribution in [0.3, 0.4) is 0 Å². The third-order valence-corrected chi connectivity index (χ3v) is 2.42. The van der Waals surface area contributed by atoms with E-state index in [-0.39, 0.29) is 5.91 Å². The first-order valence-electron chi connectivity index (χ1n) is 6.03. The van der Waals surface area contributed by atoms with Gasteiger partial charge >= 0.3 is 0 Å². The molecule has 0 fully saturated rings. The van der Waals surface area contributed by atoms with Gasteiger partial charge in [0.05, 0.1) is 6.61 Å². The van der Waals surface area contributed by atoms with Crippen molar-refractivity contribution in [1.29, 1.82) is 0 Å². The van der Waals surface area contributed by atoms with Crippen LogP contribution >= 0.6 is 0 Å². The van der Waals surface area contributed by atoms with Crippen molar-refractivity contribution in [2.45, 2.75) is 13.8 Å². The molecule has 2 aromatic heterocycles. The van der Waals surface area contributed by atoms with Crippen molar-refractivity contribution in [2.24, 2.45) is 0 Å². The number of nitrogens with zero attached hydrogens (tertiary/aromatic N) is 2. The summed E-state index contributed by atoms with van der Waals surface area (Å²) < 4.78 is 5.35. The summed E-state index contributed by atoms with van der Waals surface area (Å²) in [6.07, 6.45) is 1.62. The van der Waals surface area contributed by atoms with E-state index in [4.69, 9.17) is 4.74 Å². The number of aryl methyl sites for hydroxylation is 1. The second kappa shape index (κ2) is 5.95. The number of aromatic nitrogens is 2. The number of carbonyl (C=O) groups is 1. The molecule has 0 aliphatic carbocycles. The first kappa shape index (κ1) is 13.0. The second-order valence-corrected chi connectivity index (χ2v) is 3.91. The molecule has 0 atom stereocenters. The molecule has 2 heterocycles. The van der Waals surface area contributed by atoms with Gasteiger partial charge in [-0.3, -0.25) is 4.79 Å². The minimum atomic E-state index is -0.280. The van der Waals surface area contributed by atoms with E-state index in [1.54, 1.807) is 30.5 Å². The van der Waals surface area contributed by atoms with Crippen LogP contribution in [-0.4, -0.2) is 22.5 Å². The molecule has 1 amide bonds. The number of pyridine rings is 2. The van der Waals surface area contributed by atoms with E-state index in [0.717, 1.165) is 5.69 Å². The zero-order valence-electron chi connectivity index (χ0n) is 10.9. The van der Waals surface area contributed by atoms with Gasteiger partial charge in [0.2, 0.25) is 5.88 Å². The lowest BCUT2D eigenvalue weighted by Gasteiger charge is -2.09. The molecule has 0 spiro atoms. The molecule has 0 radical (unpaired) electrons. The lowest BCUT2D eigenvalue weighted by Crippen LogP contribution is -2.15. The molecule has 5 heteroatoms. The van der Waals surface area contributed by atoms with Crippen LogP contribution in [0, 0.1) is 6.92 Å². The molecule has 0 unspecified atom stereocenters. The van der Waals surface area contributed by atoms with Crippen LogP contribution in [0.4, 0.5) is 5.69 Å². The zero-order chi connectivity index (χ0) is 13.7. The van der Waals surface area contributed by atoms with Gasteiger partial charge in [0, 0.05) is 11.9 Å². The Morgan fingerprint density at radius 3 is 2.89 bits per heavy atom. The first-order chi connectivity index (χ1) is 9.20. The molecule has 2 rings (SSSR count). The van der Waals surface area contributed by atoms with E-state index in [0.29, 0.717) is 23.9 Å². The average molecular weight is 257 g/mol. The number of ether oxygens (including phenoxy) is 1.